The molecule has 0 radical (unpaired) electrons. The first-order valence-corrected chi connectivity index (χ1v) is 8.86. The highest BCUT2D eigenvalue weighted by Gasteiger charge is 2.39. The first kappa shape index (κ1) is 16.0. The summed E-state index contributed by atoms with van der Waals surface area (Å²) in [6, 6.07) is 0. The molecule has 3 heteroatoms. The summed E-state index contributed by atoms with van der Waals surface area (Å²) in [6.07, 6.45) is 8.53. The predicted molar refractivity (Wildman–Crippen MR) is 77.3 cm³/mol. The number of allylic oxidation sites excluding steroid dienone is 4. The first-order valence-electron chi connectivity index (χ1n) is 5.95. The normalized spacial score (nSPS) is 13.9. The van der Waals surface area contributed by atoms with Gasteiger partial charge in [-0.25, -0.2) is 0 Å². The summed E-state index contributed by atoms with van der Waals surface area (Å²) >= 11 is 0. The summed E-state index contributed by atoms with van der Waals surface area (Å²) in [7, 11) is -0.166. The molecule has 0 N–H and O–H groups in total. The SMILES string of the molecule is C=CC/C=C\C=C(\OC)O[Si](C)(C)C(C)(C)C. The Kier molecular flexibility index (Phi) is 6.32. The highest BCUT2D eigenvalue weighted by Crippen LogP contribution is 2.37. The van der Waals surface area contributed by atoms with E-state index in [9.17, 15) is 0 Å². The molecule has 0 unspecified atom stereocenters. The lowest BCUT2D eigenvalue weighted by Gasteiger charge is -2.36. The molecule has 0 fully saturated rings. The van der Waals surface area contributed by atoms with Crippen molar-refractivity contribution in [3.05, 3.63) is 36.8 Å². The van der Waals surface area contributed by atoms with E-state index in [4.69, 9.17) is 9.16 Å². The van der Waals surface area contributed by atoms with E-state index in [1.807, 2.05) is 24.3 Å². The fourth-order valence-corrected chi connectivity index (χ4v) is 1.83. The molecule has 0 rings (SSSR count). The van der Waals surface area contributed by atoms with Gasteiger partial charge in [0.05, 0.1) is 7.11 Å². The van der Waals surface area contributed by atoms with Gasteiger partial charge in [-0.15, -0.1) is 6.58 Å². The summed E-state index contributed by atoms with van der Waals surface area (Å²) in [6.45, 7) is 14.7. The number of hydrogen-bond donors (Lipinski definition) is 0. The Morgan fingerprint density at radius 3 is 2.29 bits per heavy atom. The van der Waals surface area contributed by atoms with Gasteiger partial charge in [0.1, 0.15) is 0 Å². The molecule has 0 heterocycles. The zero-order chi connectivity index (χ0) is 13.5. The van der Waals surface area contributed by atoms with Gasteiger partial charge in [0.25, 0.3) is 14.3 Å². The van der Waals surface area contributed by atoms with Gasteiger partial charge in [-0.2, -0.15) is 0 Å². The Labute approximate surface area is 107 Å². The Bertz CT molecular complexity index is 296. The second-order valence-electron chi connectivity index (χ2n) is 5.50. The van der Waals surface area contributed by atoms with Crippen molar-refractivity contribution in [3.8, 4) is 0 Å². The molecule has 17 heavy (non-hydrogen) atoms. The van der Waals surface area contributed by atoms with Crippen LogP contribution in [0.15, 0.2) is 36.8 Å². The van der Waals surface area contributed by atoms with Crippen molar-refractivity contribution in [2.24, 2.45) is 0 Å². The molecule has 0 atom stereocenters. The molecule has 0 saturated carbocycles. The summed E-state index contributed by atoms with van der Waals surface area (Å²) < 4.78 is 11.3. The van der Waals surface area contributed by atoms with Crippen LogP contribution in [0, 0.1) is 0 Å². The van der Waals surface area contributed by atoms with Gasteiger partial charge in [-0.05, 0) is 24.6 Å². The molecule has 0 aliphatic carbocycles. The van der Waals surface area contributed by atoms with Crippen LogP contribution in [-0.4, -0.2) is 15.4 Å². The van der Waals surface area contributed by atoms with Crippen LogP contribution in [0.3, 0.4) is 0 Å². The third-order valence-corrected chi connectivity index (χ3v) is 7.36. The maximum atomic E-state index is 6.03. The first-order chi connectivity index (χ1) is 7.74. The zero-order valence-electron chi connectivity index (χ0n) is 12.0. The molecule has 0 aromatic heterocycles. The molecule has 0 aromatic carbocycles. The van der Waals surface area contributed by atoms with Crippen LogP contribution < -0.4 is 0 Å². The second kappa shape index (κ2) is 6.69. The van der Waals surface area contributed by atoms with Gasteiger partial charge < -0.3 is 9.16 Å². The van der Waals surface area contributed by atoms with Crippen LogP contribution in [-0.2, 0) is 9.16 Å². The molecule has 0 saturated heterocycles. The minimum Gasteiger partial charge on any atom is -0.519 e. The van der Waals surface area contributed by atoms with Crippen molar-refractivity contribution in [1.29, 1.82) is 0 Å². The highest BCUT2D eigenvalue weighted by atomic mass is 28.4. The Morgan fingerprint density at radius 2 is 1.88 bits per heavy atom. The lowest BCUT2D eigenvalue weighted by Crippen LogP contribution is -2.40. The molecular formula is C14H26O2Si. The molecule has 0 aromatic rings. The third kappa shape index (κ3) is 5.77. The van der Waals surface area contributed by atoms with E-state index in [0.29, 0.717) is 5.95 Å². The molecule has 2 nitrogen and oxygen atoms in total. The minimum absolute atomic E-state index is 0.176. The number of hydrogen-bond acceptors (Lipinski definition) is 2. The average molecular weight is 254 g/mol. The molecule has 0 bridgehead atoms. The van der Waals surface area contributed by atoms with Crippen LogP contribution in [0.5, 0.6) is 0 Å². The van der Waals surface area contributed by atoms with Crippen molar-refractivity contribution < 1.29 is 9.16 Å². The van der Waals surface area contributed by atoms with E-state index in [-0.39, 0.29) is 5.04 Å². The van der Waals surface area contributed by atoms with Crippen LogP contribution in [0.4, 0.5) is 0 Å². The van der Waals surface area contributed by atoms with E-state index >= 15 is 0 Å². The summed E-state index contributed by atoms with van der Waals surface area (Å²) in [5, 5.41) is 0.176. The van der Waals surface area contributed by atoms with Crippen molar-refractivity contribution in [3.63, 3.8) is 0 Å². The Morgan fingerprint density at radius 1 is 1.29 bits per heavy atom. The smallest absolute Gasteiger partial charge is 0.264 e. The van der Waals surface area contributed by atoms with Gasteiger partial charge in [-0.3, -0.25) is 0 Å². The van der Waals surface area contributed by atoms with Crippen LogP contribution in [0.25, 0.3) is 0 Å². The lowest BCUT2D eigenvalue weighted by atomic mass is 10.2. The minimum atomic E-state index is -1.80. The van der Waals surface area contributed by atoms with Gasteiger partial charge in [-0.1, -0.05) is 39.0 Å². The van der Waals surface area contributed by atoms with E-state index in [2.05, 4.69) is 40.4 Å². The quantitative estimate of drug-likeness (QED) is 0.298. The van der Waals surface area contributed by atoms with Gasteiger partial charge in [0, 0.05) is 6.08 Å². The maximum Gasteiger partial charge on any atom is 0.264 e. The third-order valence-electron chi connectivity index (χ3n) is 3.03. The second-order valence-corrected chi connectivity index (χ2v) is 10.2. The molecule has 0 amide bonds. The summed E-state index contributed by atoms with van der Waals surface area (Å²) in [5.41, 5.74) is 0. The standard InChI is InChI=1S/C14H26O2Si/c1-8-9-10-11-12-13(15-5)16-17(6,7)14(2,3)4/h8,10-12H,1,9H2,2-7H3/b11-10-,13-12-. The molecular weight excluding hydrogens is 228 g/mol. The summed E-state index contributed by atoms with van der Waals surface area (Å²) in [4.78, 5) is 0. The fourth-order valence-electron chi connectivity index (χ4n) is 0.870. The molecule has 0 spiro atoms. The number of methoxy groups -OCH3 is 1. The van der Waals surface area contributed by atoms with Gasteiger partial charge >= 0.3 is 0 Å². The van der Waals surface area contributed by atoms with Crippen LogP contribution in [0.2, 0.25) is 18.1 Å². The molecule has 0 aliphatic rings. The Balaban J connectivity index is 4.65. The highest BCUT2D eigenvalue weighted by molar-refractivity contribution is 6.74. The van der Waals surface area contributed by atoms with E-state index in [1.54, 1.807) is 7.11 Å². The fraction of sp³-hybridized carbons (Fsp3) is 0.571. The van der Waals surface area contributed by atoms with Crippen LogP contribution in [0.1, 0.15) is 27.2 Å². The van der Waals surface area contributed by atoms with Crippen LogP contribution >= 0.6 is 0 Å². The van der Waals surface area contributed by atoms with E-state index < -0.39 is 8.32 Å². The topological polar surface area (TPSA) is 18.5 Å². The monoisotopic (exact) mass is 254 g/mol. The Hall–Kier alpha value is -0.963. The number of rotatable bonds is 6. The molecule has 0 aliphatic heterocycles. The van der Waals surface area contributed by atoms with Crippen molar-refractivity contribution in [2.75, 3.05) is 7.11 Å². The van der Waals surface area contributed by atoms with Crippen molar-refractivity contribution in [2.45, 2.75) is 45.3 Å². The van der Waals surface area contributed by atoms with E-state index in [1.165, 1.54) is 0 Å². The average Bonchev–Trinajstić information content (AvgIpc) is 2.20. The molecule has 98 valence electrons. The van der Waals surface area contributed by atoms with Crippen molar-refractivity contribution in [1.82, 2.24) is 0 Å². The lowest BCUT2D eigenvalue weighted by molar-refractivity contribution is 0.141. The van der Waals surface area contributed by atoms with Gasteiger partial charge in [0.2, 0.25) is 0 Å². The van der Waals surface area contributed by atoms with Gasteiger partial charge in [0.15, 0.2) is 0 Å². The number of ether oxygens (including phenoxy) is 1. The zero-order valence-corrected chi connectivity index (χ0v) is 13.0. The van der Waals surface area contributed by atoms with Crippen molar-refractivity contribution >= 4 is 8.32 Å². The van der Waals surface area contributed by atoms with E-state index in [0.717, 1.165) is 6.42 Å². The summed E-state index contributed by atoms with van der Waals surface area (Å²) in [5.74, 6) is 0.594. The largest absolute Gasteiger partial charge is 0.519 e. The predicted octanol–water partition coefficient (Wildman–Crippen LogP) is 4.63. The maximum absolute atomic E-state index is 6.03.